The summed E-state index contributed by atoms with van der Waals surface area (Å²) >= 11 is 0. The molecule has 0 aliphatic heterocycles. The van der Waals surface area contributed by atoms with Crippen LogP contribution < -0.4 is 4.74 Å². The van der Waals surface area contributed by atoms with Crippen LogP contribution in [0.25, 0.3) is 16.7 Å². The maximum Gasteiger partial charge on any atom is 0.328 e. The van der Waals surface area contributed by atoms with Gasteiger partial charge >= 0.3 is 5.97 Å². The third-order valence-electron chi connectivity index (χ3n) is 2.96. The number of carboxylic acid groups (broad SMARTS) is 1. The molecule has 1 heterocycles. The second-order valence-electron chi connectivity index (χ2n) is 4.36. The van der Waals surface area contributed by atoms with Crippen LogP contribution in [0.3, 0.4) is 0 Å². The Labute approximate surface area is 117 Å². The molecule has 2 aromatic rings. The molecular weight excluding hydrogens is 254 g/mol. The molecule has 0 unspecified atom stereocenters. The Morgan fingerprint density at radius 3 is 2.50 bits per heavy atom. The van der Waals surface area contributed by atoms with Gasteiger partial charge in [0.2, 0.25) is 0 Å². The van der Waals surface area contributed by atoms with E-state index < -0.39 is 5.97 Å². The molecule has 0 spiro atoms. The maximum atomic E-state index is 10.7. The van der Waals surface area contributed by atoms with Crippen molar-refractivity contribution in [3.63, 3.8) is 0 Å². The molecule has 4 heteroatoms. The van der Waals surface area contributed by atoms with E-state index >= 15 is 0 Å². The summed E-state index contributed by atoms with van der Waals surface area (Å²) in [6, 6.07) is 9.55. The van der Waals surface area contributed by atoms with Crippen molar-refractivity contribution in [1.29, 1.82) is 0 Å². The van der Waals surface area contributed by atoms with Gasteiger partial charge in [0.1, 0.15) is 5.75 Å². The number of hydrogen-bond donors (Lipinski definition) is 1. The highest BCUT2D eigenvalue weighted by molar-refractivity contribution is 5.89. The van der Waals surface area contributed by atoms with Crippen LogP contribution >= 0.6 is 0 Å². The number of aliphatic carboxylic acids is 1. The molecule has 102 valence electrons. The number of aromatic nitrogens is 1. The highest BCUT2D eigenvalue weighted by atomic mass is 16.5. The Balaban J connectivity index is 2.36. The summed E-state index contributed by atoms with van der Waals surface area (Å²) in [6.07, 6.45) is 4.58. The molecule has 20 heavy (non-hydrogen) atoms. The van der Waals surface area contributed by atoms with Crippen LogP contribution in [0, 0.1) is 0 Å². The minimum Gasteiger partial charge on any atom is -0.497 e. The van der Waals surface area contributed by atoms with Crippen molar-refractivity contribution >= 4 is 11.5 Å². The van der Waals surface area contributed by atoms with Crippen LogP contribution in [0.2, 0.25) is 0 Å². The highest BCUT2D eigenvalue weighted by Crippen LogP contribution is 2.24. The Bertz CT molecular complexity index is 645. The number of pyridine rings is 1. The second-order valence-corrected chi connectivity index (χ2v) is 4.36. The smallest absolute Gasteiger partial charge is 0.328 e. The van der Waals surface area contributed by atoms with Gasteiger partial charge in [-0.3, -0.25) is 4.98 Å². The Kier molecular flexibility index (Phi) is 4.15. The van der Waals surface area contributed by atoms with Crippen LogP contribution in [0.1, 0.15) is 12.5 Å². The van der Waals surface area contributed by atoms with Gasteiger partial charge in [-0.05, 0) is 41.8 Å². The zero-order chi connectivity index (χ0) is 14.5. The van der Waals surface area contributed by atoms with Crippen LogP contribution in [0.4, 0.5) is 0 Å². The molecule has 0 radical (unpaired) electrons. The summed E-state index contributed by atoms with van der Waals surface area (Å²) < 4.78 is 5.12. The molecule has 0 bridgehead atoms. The molecule has 1 aromatic heterocycles. The molecular formula is C16H15NO3. The number of rotatable bonds is 4. The van der Waals surface area contributed by atoms with E-state index in [1.165, 1.54) is 6.08 Å². The molecule has 0 saturated heterocycles. The van der Waals surface area contributed by atoms with Gasteiger partial charge in [0.05, 0.1) is 7.11 Å². The van der Waals surface area contributed by atoms with E-state index in [-0.39, 0.29) is 0 Å². The highest BCUT2D eigenvalue weighted by Gasteiger charge is 2.03. The number of benzene rings is 1. The lowest BCUT2D eigenvalue weighted by molar-refractivity contribution is -0.131. The number of allylic oxidation sites excluding steroid dienone is 1. The lowest BCUT2D eigenvalue weighted by Crippen LogP contribution is -1.91. The van der Waals surface area contributed by atoms with Crippen LogP contribution in [0.15, 0.2) is 48.8 Å². The van der Waals surface area contributed by atoms with Gasteiger partial charge in [0, 0.05) is 24.0 Å². The first-order valence-corrected chi connectivity index (χ1v) is 6.11. The van der Waals surface area contributed by atoms with Gasteiger partial charge in [-0.25, -0.2) is 4.79 Å². The van der Waals surface area contributed by atoms with Gasteiger partial charge < -0.3 is 9.84 Å². The number of hydrogen-bond acceptors (Lipinski definition) is 3. The van der Waals surface area contributed by atoms with E-state index in [4.69, 9.17) is 9.84 Å². The fourth-order valence-electron chi connectivity index (χ4n) is 1.87. The molecule has 1 aromatic carbocycles. The molecule has 4 nitrogen and oxygen atoms in total. The maximum absolute atomic E-state index is 10.7. The first-order chi connectivity index (χ1) is 9.60. The minimum atomic E-state index is -0.961. The van der Waals surface area contributed by atoms with E-state index in [1.54, 1.807) is 26.4 Å². The SMILES string of the molecule is COc1ccc(-c2cncc(/C(C)=C/C(=O)O)c2)cc1. The van der Waals surface area contributed by atoms with E-state index in [1.807, 2.05) is 30.3 Å². The monoisotopic (exact) mass is 269 g/mol. The summed E-state index contributed by atoms with van der Waals surface area (Å²) in [5, 5.41) is 8.78. The molecule has 1 N–H and O–H groups in total. The predicted molar refractivity (Wildman–Crippen MR) is 77.5 cm³/mol. The number of nitrogens with zero attached hydrogens (tertiary/aromatic N) is 1. The molecule has 2 rings (SSSR count). The third kappa shape index (κ3) is 3.23. The van der Waals surface area contributed by atoms with Gasteiger partial charge in [-0.2, -0.15) is 0 Å². The molecule has 0 aliphatic rings. The average molecular weight is 269 g/mol. The lowest BCUT2D eigenvalue weighted by Gasteiger charge is -2.06. The Morgan fingerprint density at radius 2 is 1.90 bits per heavy atom. The topological polar surface area (TPSA) is 59.4 Å². The van der Waals surface area contributed by atoms with Gasteiger partial charge in [0.15, 0.2) is 0 Å². The van der Waals surface area contributed by atoms with Crippen molar-refractivity contribution in [3.8, 4) is 16.9 Å². The Hall–Kier alpha value is -2.62. The van der Waals surface area contributed by atoms with E-state index in [0.29, 0.717) is 5.57 Å². The average Bonchev–Trinajstić information content (AvgIpc) is 2.47. The fraction of sp³-hybridized carbons (Fsp3) is 0.125. The molecule has 0 amide bonds. The van der Waals surface area contributed by atoms with Gasteiger partial charge in [-0.15, -0.1) is 0 Å². The number of carbonyl (C=O) groups is 1. The molecule has 0 saturated carbocycles. The van der Waals surface area contributed by atoms with Crippen molar-refractivity contribution in [2.24, 2.45) is 0 Å². The van der Waals surface area contributed by atoms with Crippen molar-refractivity contribution < 1.29 is 14.6 Å². The first kappa shape index (κ1) is 13.8. The van der Waals surface area contributed by atoms with Crippen molar-refractivity contribution in [3.05, 3.63) is 54.4 Å². The van der Waals surface area contributed by atoms with Crippen molar-refractivity contribution in [1.82, 2.24) is 4.98 Å². The molecule has 0 atom stereocenters. The minimum absolute atomic E-state index is 0.667. The molecule has 0 fully saturated rings. The van der Waals surface area contributed by atoms with Crippen LogP contribution in [-0.4, -0.2) is 23.2 Å². The zero-order valence-electron chi connectivity index (χ0n) is 11.3. The van der Waals surface area contributed by atoms with Crippen LogP contribution in [0.5, 0.6) is 5.75 Å². The summed E-state index contributed by atoms with van der Waals surface area (Å²) in [7, 11) is 1.62. The predicted octanol–water partition coefficient (Wildman–Crippen LogP) is 3.25. The summed E-state index contributed by atoms with van der Waals surface area (Å²) in [4.78, 5) is 14.9. The van der Waals surface area contributed by atoms with Gasteiger partial charge in [0.25, 0.3) is 0 Å². The first-order valence-electron chi connectivity index (χ1n) is 6.11. The summed E-state index contributed by atoms with van der Waals surface area (Å²) in [6.45, 7) is 1.75. The standard InChI is InChI=1S/C16H15NO3/c1-11(7-16(18)19)13-8-14(10-17-9-13)12-3-5-15(20-2)6-4-12/h3-10H,1-2H3,(H,18,19)/b11-7+. The zero-order valence-corrected chi connectivity index (χ0v) is 11.3. The third-order valence-corrected chi connectivity index (χ3v) is 2.96. The normalized spacial score (nSPS) is 11.2. The number of ether oxygens (including phenoxy) is 1. The quantitative estimate of drug-likeness (QED) is 0.865. The van der Waals surface area contributed by atoms with Gasteiger partial charge in [-0.1, -0.05) is 12.1 Å². The van der Waals surface area contributed by atoms with Crippen molar-refractivity contribution in [2.75, 3.05) is 7.11 Å². The Morgan fingerprint density at radius 1 is 1.20 bits per heavy atom. The van der Waals surface area contributed by atoms with E-state index in [0.717, 1.165) is 22.4 Å². The second kappa shape index (κ2) is 6.02. The van der Waals surface area contributed by atoms with E-state index in [9.17, 15) is 4.79 Å². The summed E-state index contributed by atoms with van der Waals surface area (Å²) in [5.41, 5.74) is 3.40. The van der Waals surface area contributed by atoms with Crippen molar-refractivity contribution in [2.45, 2.75) is 6.92 Å². The lowest BCUT2D eigenvalue weighted by atomic mass is 10.0. The number of methoxy groups -OCH3 is 1. The largest absolute Gasteiger partial charge is 0.497 e. The van der Waals surface area contributed by atoms with E-state index in [2.05, 4.69) is 4.98 Å². The number of carboxylic acids is 1. The fourth-order valence-corrected chi connectivity index (χ4v) is 1.87. The van der Waals surface area contributed by atoms with Crippen LogP contribution in [-0.2, 0) is 4.79 Å². The molecule has 0 aliphatic carbocycles. The summed E-state index contributed by atoms with van der Waals surface area (Å²) in [5.74, 6) is -0.169.